The van der Waals surface area contributed by atoms with E-state index in [1.165, 1.54) is 24.3 Å². The Morgan fingerprint density at radius 2 is 1.80 bits per heavy atom. The van der Waals surface area contributed by atoms with Gasteiger partial charge < -0.3 is 10.5 Å². The molecule has 0 spiro atoms. The summed E-state index contributed by atoms with van der Waals surface area (Å²) in [6.45, 7) is 0. The first-order valence-electron chi connectivity index (χ1n) is 6.46. The normalized spacial score (nSPS) is 11.8. The number of nitrogens with two attached hydrogens (primary N) is 1. The highest BCUT2D eigenvalue weighted by atomic mass is 35.5. The second kappa shape index (κ2) is 6.81. The average Bonchev–Trinajstić information content (AvgIpc) is 2.45. The average molecular weight is 395 g/mol. The molecule has 0 unspecified atom stereocenters. The van der Waals surface area contributed by atoms with Gasteiger partial charge in [-0.15, -0.1) is 13.2 Å². The first kappa shape index (κ1) is 18.9. The molecule has 0 fully saturated rings. The number of alkyl halides is 3. The van der Waals surface area contributed by atoms with Crippen molar-refractivity contribution in [2.75, 3.05) is 4.72 Å². The van der Waals surface area contributed by atoms with Crippen molar-refractivity contribution in [1.29, 1.82) is 0 Å². The van der Waals surface area contributed by atoms with Crippen molar-refractivity contribution >= 4 is 33.2 Å². The van der Waals surface area contributed by atoms with E-state index in [1.54, 1.807) is 0 Å². The van der Waals surface area contributed by atoms with E-state index in [-0.39, 0.29) is 16.3 Å². The number of hydrogen-bond donors (Lipinski definition) is 2. The molecule has 2 aromatic rings. The molecule has 0 aliphatic carbocycles. The minimum absolute atomic E-state index is 0.0366. The van der Waals surface area contributed by atoms with Crippen LogP contribution in [-0.2, 0) is 10.0 Å². The predicted octanol–water partition coefficient (Wildman–Crippen LogP) is 3.14. The van der Waals surface area contributed by atoms with Crippen LogP contribution in [0.2, 0.25) is 5.02 Å². The summed E-state index contributed by atoms with van der Waals surface area (Å²) in [4.78, 5) is 10.4. The van der Waals surface area contributed by atoms with E-state index in [0.29, 0.717) is 0 Å². The summed E-state index contributed by atoms with van der Waals surface area (Å²) in [7, 11) is -4.42. The fourth-order valence-electron chi connectivity index (χ4n) is 1.87. The van der Waals surface area contributed by atoms with Crippen LogP contribution in [0.5, 0.6) is 5.75 Å². The zero-order valence-corrected chi connectivity index (χ0v) is 13.7. The van der Waals surface area contributed by atoms with Crippen molar-refractivity contribution in [2.24, 2.45) is 5.73 Å². The van der Waals surface area contributed by atoms with Gasteiger partial charge in [0, 0.05) is 0 Å². The highest BCUT2D eigenvalue weighted by Gasteiger charge is 2.34. The minimum atomic E-state index is -5.06. The Bertz CT molecular complexity index is 917. The number of nitrogens with one attached hydrogen (secondary N) is 1. The topological polar surface area (TPSA) is 98.5 Å². The van der Waals surface area contributed by atoms with Crippen LogP contribution < -0.4 is 15.2 Å². The molecule has 6 nitrogen and oxygen atoms in total. The molecule has 0 heterocycles. The van der Waals surface area contributed by atoms with E-state index < -0.39 is 32.9 Å². The third-order valence-electron chi connectivity index (χ3n) is 2.85. The maximum Gasteiger partial charge on any atom is 0.573 e. The SMILES string of the molecule is NC(=O)c1ccc(NS(=O)(=O)c2ccccc2OC(F)(F)F)cc1Cl. The summed E-state index contributed by atoms with van der Waals surface area (Å²) in [6.07, 6.45) is -5.06. The second-order valence-corrected chi connectivity index (χ2v) is 6.72. The summed E-state index contributed by atoms with van der Waals surface area (Å²) >= 11 is 5.81. The molecule has 0 saturated heterocycles. The van der Waals surface area contributed by atoms with E-state index in [1.807, 2.05) is 0 Å². The first-order chi connectivity index (χ1) is 11.5. The van der Waals surface area contributed by atoms with Crippen LogP contribution >= 0.6 is 11.6 Å². The van der Waals surface area contributed by atoms with E-state index in [0.717, 1.165) is 18.2 Å². The maximum atomic E-state index is 12.4. The number of halogens is 4. The van der Waals surface area contributed by atoms with Crippen LogP contribution in [0.4, 0.5) is 18.9 Å². The molecule has 1 amide bonds. The van der Waals surface area contributed by atoms with Crippen molar-refractivity contribution in [3.8, 4) is 5.75 Å². The number of sulfonamides is 1. The molecule has 2 aromatic carbocycles. The van der Waals surface area contributed by atoms with Gasteiger partial charge in [0.1, 0.15) is 10.6 Å². The molecule has 11 heteroatoms. The molecule has 0 aliphatic heterocycles. The second-order valence-electron chi connectivity index (χ2n) is 4.66. The molecule has 0 atom stereocenters. The lowest BCUT2D eigenvalue weighted by Gasteiger charge is -2.14. The molecular weight excluding hydrogens is 385 g/mol. The monoisotopic (exact) mass is 394 g/mol. The third kappa shape index (κ3) is 4.77. The highest BCUT2D eigenvalue weighted by molar-refractivity contribution is 7.92. The van der Waals surface area contributed by atoms with Crippen molar-refractivity contribution in [3.63, 3.8) is 0 Å². The van der Waals surface area contributed by atoms with Crippen LogP contribution in [0.15, 0.2) is 47.4 Å². The van der Waals surface area contributed by atoms with Crippen LogP contribution in [-0.4, -0.2) is 20.7 Å². The Kier molecular flexibility index (Phi) is 5.14. The lowest BCUT2D eigenvalue weighted by atomic mass is 10.2. The largest absolute Gasteiger partial charge is 0.573 e. The summed E-state index contributed by atoms with van der Waals surface area (Å²) in [5.41, 5.74) is 4.97. The number of anilines is 1. The van der Waals surface area contributed by atoms with Gasteiger partial charge in [0.05, 0.1) is 16.3 Å². The summed E-state index contributed by atoms with van der Waals surface area (Å²) in [5.74, 6) is -1.70. The molecule has 134 valence electrons. The lowest BCUT2D eigenvalue weighted by Crippen LogP contribution is -2.21. The van der Waals surface area contributed by atoms with Crippen LogP contribution in [0.1, 0.15) is 10.4 Å². The standard InChI is InChI=1S/C14H10ClF3N2O4S/c15-10-7-8(5-6-9(10)13(19)21)20-25(22,23)12-4-2-1-3-11(12)24-14(16,17)18/h1-7,20H,(H2,19,21). The maximum absolute atomic E-state index is 12.4. The van der Waals surface area contributed by atoms with Crippen LogP contribution in [0.25, 0.3) is 0 Å². The fourth-order valence-corrected chi connectivity index (χ4v) is 3.32. The number of benzene rings is 2. The predicted molar refractivity (Wildman–Crippen MR) is 83.9 cm³/mol. The van der Waals surface area contributed by atoms with Gasteiger partial charge in [-0.25, -0.2) is 8.42 Å². The molecule has 0 bridgehead atoms. The smallest absolute Gasteiger partial charge is 0.404 e. The summed E-state index contributed by atoms with van der Waals surface area (Å²) in [6, 6.07) is 7.72. The molecule has 0 radical (unpaired) electrons. The van der Waals surface area contributed by atoms with Crippen molar-refractivity contribution in [2.45, 2.75) is 11.3 Å². The van der Waals surface area contributed by atoms with E-state index in [9.17, 15) is 26.4 Å². The number of primary amides is 1. The molecular formula is C14H10ClF3N2O4S. The molecule has 0 aromatic heterocycles. The number of carbonyl (C=O) groups is 1. The molecule has 3 N–H and O–H groups in total. The molecule has 2 rings (SSSR count). The summed E-state index contributed by atoms with van der Waals surface area (Å²) in [5, 5.41) is -0.118. The Morgan fingerprint density at radius 1 is 1.16 bits per heavy atom. The zero-order valence-electron chi connectivity index (χ0n) is 12.2. The molecule has 25 heavy (non-hydrogen) atoms. The Morgan fingerprint density at radius 3 is 2.36 bits per heavy atom. The van der Waals surface area contributed by atoms with Gasteiger partial charge in [0.2, 0.25) is 5.91 Å². The van der Waals surface area contributed by atoms with Crippen molar-refractivity contribution in [1.82, 2.24) is 0 Å². The summed E-state index contributed by atoms with van der Waals surface area (Å²) < 4.78 is 67.7. The highest BCUT2D eigenvalue weighted by Crippen LogP contribution is 2.31. The zero-order chi connectivity index (χ0) is 18.8. The molecule has 0 aliphatic rings. The van der Waals surface area contributed by atoms with Crippen LogP contribution in [0, 0.1) is 0 Å². The van der Waals surface area contributed by atoms with Gasteiger partial charge in [0.15, 0.2) is 0 Å². The quantitative estimate of drug-likeness (QED) is 0.813. The minimum Gasteiger partial charge on any atom is -0.404 e. The van der Waals surface area contributed by atoms with E-state index >= 15 is 0 Å². The van der Waals surface area contributed by atoms with Crippen LogP contribution in [0.3, 0.4) is 0 Å². The van der Waals surface area contributed by atoms with E-state index in [2.05, 4.69) is 9.46 Å². The van der Waals surface area contributed by atoms with Crippen molar-refractivity contribution in [3.05, 3.63) is 53.1 Å². The van der Waals surface area contributed by atoms with Crippen molar-refractivity contribution < 1.29 is 31.1 Å². The van der Waals surface area contributed by atoms with Gasteiger partial charge in [0.25, 0.3) is 10.0 Å². The number of rotatable bonds is 5. The fraction of sp³-hybridized carbons (Fsp3) is 0.0714. The lowest BCUT2D eigenvalue weighted by molar-refractivity contribution is -0.275. The Hall–Kier alpha value is -2.46. The number of amides is 1. The van der Waals surface area contributed by atoms with Gasteiger partial charge >= 0.3 is 6.36 Å². The number of para-hydroxylation sites is 1. The van der Waals surface area contributed by atoms with Gasteiger partial charge in [-0.2, -0.15) is 0 Å². The number of carbonyl (C=O) groups excluding carboxylic acids is 1. The molecule has 0 saturated carbocycles. The number of ether oxygens (including phenoxy) is 1. The van der Waals surface area contributed by atoms with E-state index in [4.69, 9.17) is 17.3 Å². The first-order valence-corrected chi connectivity index (χ1v) is 8.33. The Balaban J connectivity index is 2.38. The van der Waals surface area contributed by atoms with Gasteiger partial charge in [-0.05, 0) is 30.3 Å². The number of hydrogen-bond acceptors (Lipinski definition) is 4. The Labute approximate surface area is 145 Å². The van der Waals surface area contributed by atoms with Gasteiger partial charge in [-0.1, -0.05) is 23.7 Å². The third-order valence-corrected chi connectivity index (χ3v) is 4.58. The van der Waals surface area contributed by atoms with Gasteiger partial charge in [-0.3, -0.25) is 9.52 Å².